The van der Waals surface area contributed by atoms with Gasteiger partial charge in [0, 0.05) is 44.3 Å². The lowest BCUT2D eigenvalue weighted by Gasteiger charge is -2.42. The fraction of sp³-hybridized carbons (Fsp3) is 0.429. The van der Waals surface area contributed by atoms with Crippen LogP contribution in [0.3, 0.4) is 0 Å². The van der Waals surface area contributed by atoms with E-state index in [0.29, 0.717) is 23.7 Å². The van der Waals surface area contributed by atoms with Crippen LogP contribution in [0.1, 0.15) is 63.9 Å². The smallest absolute Gasteiger partial charge is 0.262 e. The number of carbonyl (C=O) groups is 4. The van der Waals surface area contributed by atoms with Crippen molar-refractivity contribution in [2.75, 3.05) is 24.5 Å². The molecule has 0 radical (unpaired) electrons. The molecule has 2 fully saturated rings. The fourth-order valence-corrected chi connectivity index (χ4v) is 6.24. The largest absolute Gasteiger partial charge is 0.368 e. The van der Waals surface area contributed by atoms with Crippen molar-refractivity contribution in [3.05, 3.63) is 64.5 Å². The highest BCUT2D eigenvalue weighted by atomic mass is 19.1. The highest BCUT2D eigenvalue weighted by Crippen LogP contribution is 2.33. The van der Waals surface area contributed by atoms with Crippen LogP contribution in [0.25, 0.3) is 0 Å². The minimum absolute atomic E-state index is 0.102. The van der Waals surface area contributed by atoms with Crippen molar-refractivity contribution in [3.8, 4) is 0 Å². The van der Waals surface area contributed by atoms with Gasteiger partial charge in [0.2, 0.25) is 11.8 Å². The Bertz CT molecular complexity index is 1300. The molecule has 1 unspecified atom stereocenters. The number of hydrogen-bond acceptors (Lipinski definition) is 6. The van der Waals surface area contributed by atoms with E-state index in [2.05, 4.69) is 15.1 Å². The third kappa shape index (κ3) is 4.31. The topological polar surface area (TPSA) is 90.0 Å². The fourth-order valence-electron chi connectivity index (χ4n) is 6.24. The second-order valence-electron chi connectivity index (χ2n) is 10.4. The van der Waals surface area contributed by atoms with Gasteiger partial charge >= 0.3 is 0 Å². The summed E-state index contributed by atoms with van der Waals surface area (Å²) in [7, 11) is 0. The van der Waals surface area contributed by atoms with E-state index in [-0.39, 0.29) is 24.6 Å². The van der Waals surface area contributed by atoms with Gasteiger partial charge < -0.3 is 4.90 Å². The molecule has 192 valence electrons. The molecule has 0 aromatic heterocycles. The van der Waals surface area contributed by atoms with Crippen LogP contribution >= 0.6 is 0 Å². The molecule has 4 heterocycles. The number of anilines is 1. The Morgan fingerprint density at radius 1 is 0.865 bits per heavy atom. The Balaban J connectivity index is 1.11. The molecule has 2 aromatic carbocycles. The Morgan fingerprint density at radius 3 is 2.43 bits per heavy atom. The first kappa shape index (κ1) is 23.8. The van der Waals surface area contributed by atoms with Crippen molar-refractivity contribution in [2.45, 2.75) is 57.2 Å². The van der Waals surface area contributed by atoms with Crippen molar-refractivity contribution >= 4 is 29.3 Å². The van der Waals surface area contributed by atoms with Gasteiger partial charge in [-0.2, -0.15) is 0 Å². The number of fused-ring (bicyclic) bond motifs is 2. The Hall–Kier alpha value is -3.59. The number of rotatable bonds is 4. The molecule has 1 atom stereocenters. The quantitative estimate of drug-likeness (QED) is 0.644. The highest BCUT2D eigenvalue weighted by Gasteiger charge is 2.44. The molecular formula is C28H29FN4O4. The molecule has 9 heteroatoms. The summed E-state index contributed by atoms with van der Waals surface area (Å²) in [6.45, 7) is 3.48. The van der Waals surface area contributed by atoms with Crippen molar-refractivity contribution in [2.24, 2.45) is 0 Å². The summed E-state index contributed by atoms with van der Waals surface area (Å²) in [5, 5.41) is 2.22. The first-order valence-electron chi connectivity index (χ1n) is 13.0. The number of aryl methyl sites for hydroxylation is 1. The molecule has 37 heavy (non-hydrogen) atoms. The maximum atomic E-state index is 13.7. The molecule has 0 saturated carbocycles. The van der Waals surface area contributed by atoms with Crippen LogP contribution in [0, 0.1) is 5.82 Å². The predicted octanol–water partition coefficient (Wildman–Crippen LogP) is 2.64. The summed E-state index contributed by atoms with van der Waals surface area (Å²) in [4.78, 5) is 55.6. The molecule has 4 aliphatic heterocycles. The number of amides is 4. The summed E-state index contributed by atoms with van der Waals surface area (Å²) < 4.78 is 13.7. The van der Waals surface area contributed by atoms with Crippen LogP contribution in [-0.4, -0.2) is 65.1 Å². The second kappa shape index (κ2) is 9.37. The van der Waals surface area contributed by atoms with Crippen molar-refractivity contribution < 1.29 is 23.6 Å². The first-order valence-corrected chi connectivity index (χ1v) is 13.0. The Kier molecular flexibility index (Phi) is 6.03. The zero-order valence-electron chi connectivity index (χ0n) is 20.5. The Morgan fingerprint density at radius 2 is 1.65 bits per heavy atom. The number of nitrogens with one attached hydrogen (secondary N) is 1. The molecule has 6 rings (SSSR count). The lowest BCUT2D eigenvalue weighted by Crippen LogP contribution is -2.54. The lowest BCUT2D eigenvalue weighted by molar-refractivity contribution is -0.136. The van der Waals surface area contributed by atoms with Gasteiger partial charge in [0.05, 0.1) is 11.1 Å². The lowest BCUT2D eigenvalue weighted by atomic mass is 9.95. The van der Waals surface area contributed by atoms with E-state index in [4.69, 9.17) is 0 Å². The maximum absolute atomic E-state index is 13.7. The summed E-state index contributed by atoms with van der Waals surface area (Å²) in [6, 6.07) is 9.91. The number of imide groups is 2. The molecule has 8 nitrogen and oxygen atoms in total. The zero-order chi connectivity index (χ0) is 25.7. The van der Waals surface area contributed by atoms with Crippen LogP contribution < -0.4 is 10.2 Å². The third-order valence-electron chi connectivity index (χ3n) is 8.10. The summed E-state index contributed by atoms with van der Waals surface area (Å²) in [6.07, 6.45) is 4.21. The SMILES string of the molecule is O=C1CCC(N2C(=O)c3ccc(CN4CCC(N5CCCc6cc(F)ccc65)CC4)cc3C2=O)C(=O)N1. The maximum Gasteiger partial charge on any atom is 0.262 e. The molecule has 0 bridgehead atoms. The van der Waals surface area contributed by atoms with E-state index in [1.165, 1.54) is 0 Å². The van der Waals surface area contributed by atoms with Gasteiger partial charge in [-0.05, 0) is 73.6 Å². The van der Waals surface area contributed by atoms with Crippen LogP contribution in [0.4, 0.5) is 10.1 Å². The van der Waals surface area contributed by atoms with Crippen LogP contribution in [-0.2, 0) is 22.6 Å². The average molecular weight is 505 g/mol. The van der Waals surface area contributed by atoms with Gasteiger partial charge in [0.15, 0.2) is 0 Å². The number of piperidine rings is 2. The molecule has 1 N–H and O–H groups in total. The molecule has 4 aliphatic rings. The molecule has 0 aliphatic carbocycles. The monoisotopic (exact) mass is 504 g/mol. The number of carbonyl (C=O) groups excluding carboxylic acids is 4. The summed E-state index contributed by atoms with van der Waals surface area (Å²) in [5.74, 6) is -2.12. The minimum Gasteiger partial charge on any atom is -0.368 e. The van der Waals surface area contributed by atoms with E-state index in [0.717, 1.165) is 67.0 Å². The van der Waals surface area contributed by atoms with Gasteiger partial charge in [-0.1, -0.05) is 6.07 Å². The molecule has 4 amide bonds. The van der Waals surface area contributed by atoms with Crippen molar-refractivity contribution in [1.82, 2.24) is 15.1 Å². The van der Waals surface area contributed by atoms with E-state index in [9.17, 15) is 23.6 Å². The number of halogens is 1. The number of likely N-dealkylation sites (tertiary alicyclic amines) is 1. The molecule has 2 aromatic rings. The van der Waals surface area contributed by atoms with Gasteiger partial charge in [0.25, 0.3) is 11.8 Å². The predicted molar refractivity (Wildman–Crippen MR) is 133 cm³/mol. The van der Waals surface area contributed by atoms with Crippen molar-refractivity contribution in [1.29, 1.82) is 0 Å². The Labute approximate surface area is 214 Å². The number of nitrogens with zero attached hydrogens (tertiary/aromatic N) is 3. The van der Waals surface area contributed by atoms with E-state index < -0.39 is 23.8 Å². The molecule has 0 spiro atoms. The van der Waals surface area contributed by atoms with Crippen LogP contribution in [0.5, 0.6) is 0 Å². The van der Waals surface area contributed by atoms with Crippen molar-refractivity contribution in [3.63, 3.8) is 0 Å². The average Bonchev–Trinajstić information content (AvgIpc) is 3.13. The van der Waals surface area contributed by atoms with E-state index >= 15 is 0 Å². The van der Waals surface area contributed by atoms with Gasteiger partial charge in [0.1, 0.15) is 11.9 Å². The van der Waals surface area contributed by atoms with Gasteiger partial charge in [-0.15, -0.1) is 0 Å². The van der Waals surface area contributed by atoms with E-state index in [1.54, 1.807) is 24.3 Å². The van der Waals surface area contributed by atoms with Crippen LogP contribution in [0.2, 0.25) is 0 Å². The highest BCUT2D eigenvalue weighted by molar-refractivity contribution is 6.23. The van der Waals surface area contributed by atoms with E-state index in [1.807, 2.05) is 12.1 Å². The van der Waals surface area contributed by atoms with Gasteiger partial charge in [-0.25, -0.2) is 4.39 Å². The summed E-state index contributed by atoms with van der Waals surface area (Å²) >= 11 is 0. The number of hydrogen-bond donors (Lipinski definition) is 1. The third-order valence-corrected chi connectivity index (χ3v) is 8.10. The minimum atomic E-state index is -0.955. The molecule has 2 saturated heterocycles. The number of benzene rings is 2. The molecular weight excluding hydrogens is 475 g/mol. The van der Waals surface area contributed by atoms with Crippen LogP contribution in [0.15, 0.2) is 36.4 Å². The first-order chi connectivity index (χ1) is 17.9. The van der Waals surface area contributed by atoms with Gasteiger partial charge in [-0.3, -0.25) is 34.3 Å². The standard InChI is InChI=1S/C28H29FN4O4/c29-19-4-6-23-18(15-19)2-1-11-32(23)20-9-12-31(13-10-20)16-17-3-5-21-22(14-17)28(37)33(27(21)36)24-7-8-25(34)30-26(24)35/h3-6,14-15,20,24H,1-2,7-13,16H2,(H,30,34,35). The summed E-state index contributed by atoms with van der Waals surface area (Å²) in [5.41, 5.74) is 3.82. The second-order valence-corrected chi connectivity index (χ2v) is 10.4. The normalized spacial score (nSPS) is 22.8. The zero-order valence-corrected chi connectivity index (χ0v) is 20.5.